The predicted molar refractivity (Wildman–Crippen MR) is 83.1 cm³/mol. The smallest absolute Gasteiger partial charge is 0.0857 e. The van der Waals surface area contributed by atoms with E-state index < -0.39 is 0 Å². The molecular formula is C17H21N3. The third-order valence-electron chi connectivity index (χ3n) is 3.13. The normalized spacial score (nSPS) is 11.3. The maximum Gasteiger partial charge on any atom is 0.0857 e. The lowest BCUT2D eigenvalue weighted by Crippen LogP contribution is -2.14. The zero-order chi connectivity index (χ0) is 14.0. The first-order valence-corrected chi connectivity index (χ1v) is 7.11. The zero-order valence-corrected chi connectivity index (χ0v) is 11.9. The molecule has 0 aliphatic carbocycles. The highest BCUT2D eigenvalue weighted by atomic mass is 14.9. The van der Waals surface area contributed by atoms with E-state index in [0.29, 0.717) is 0 Å². The second-order valence-corrected chi connectivity index (χ2v) is 4.62. The summed E-state index contributed by atoms with van der Waals surface area (Å²) in [5.74, 6) is 0. The van der Waals surface area contributed by atoms with Gasteiger partial charge < -0.3 is 5.32 Å². The first-order valence-electron chi connectivity index (χ1n) is 7.11. The Morgan fingerprint density at radius 3 is 2.50 bits per heavy atom. The average molecular weight is 267 g/mol. The molecule has 0 saturated heterocycles. The Labute approximate surface area is 120 Å². The van der Waals surface area contributed by atoms with Crippen LogP contribution >= 0.6 is 0 Å². The summed E-state index contributed by atoms with van der Waals surface area (Å²) in [4.78, 5) is 8.69. The molecule has 3 heteroatoms. The summed E-state index contributed by atoms with van der Waals surface area (Å²) in [5.41, 5.74) is 3.27. The van der Waals surface area contributed by atoms with E-state index in [-0.39, 0.29) is 0 Å². The number of hydrogen-bond acceptors (Lipinski definition) is 3. The van der Waals surface area contributed by atoms with E-state index >= 15 is 0 Å². The van der Waals surface area contributed by atoms with Crippen LogP contribution in [0.15, 0.2) is 54.9 Å². The quantitative estimate of drug-likeness (QED) is 0.781. The summed E-state index contributed by atoms with van der Waals surface area (Å²) >= 11 is 0. The van der Waals surface area contributed by atoms with Gasteiger partial charge in [-0.15, -0.1) is 0 Å². The van der Waals surface area contributed by atoms with Crippen molar-refractivity contribution in [2.24, 2.45) is 0 Å². The van der Waals surface area contributed by atoms with Crippen molar-refractivity contribution in [3.05, 3.63) is 66.3 Å². The van der Waals surface area contributed by atoms with Gasteiger partial charge in [-0.2, -0.15) is 0 Å². The minimum absolute atomic E-state index is 0.961. The molecule has 0 radical (unpaired) electrons. The van der Waals surface area contributed by atoms with Gasteiger partial charge in [0.25, 0.3) is 0 Å². The molecule has 0 bridgehead atoms. The second kappa shape index (κ2) is 8.10. The molecule has 3 nitrogen and oxygen atoms in total. The minimum atomic E-state index is 0.961. The Balaban J connectivity index is 1.70. The molecule has 2 rings (SSSR count). The van der Waals surface area contributed by atoms with Crippen LogP contribution < -0.4 is 5.32 Å². The van der Waals surface area contributed by atoms with E-state index in [1.807, 2.05) is 49.6 Å². The molecule has 104 valence electrons. The lowest BCUT2D eigenvalue weighted by Gasteiger charge is -2.09. The highest BCUT2D eigenvalue weighted by Crippen LogP contribution is 2.07. The van der Waals surface area contributed by atoms with Gasteiger partial charge in [0.15, 0.2) is 0 Å². The van der Waals surface area contributed by atoms with Crippen molar-refractivity contribution < 1.29 is 0 Å². The lowest BCUT2D eigenvalue weighted by molar-refractivity contribution is 0.693. The van der Waals surface area contributed by atoms with Gasteiger partial charge in [0.2, 0.25) is 0 Å². The topological polar surface area (TPSA) is 37.8 Å². The molecule has 20 heavy (non-hydrogen) atoms. The fourth-order valence-electron chi connectivity index (χ4n) is 2.06. The number of allylic oxidation sites excluding steroid dienone is 1. The van der Waals surface area contributed by atoms with Crippen LogP contribution in [0.5, 0.6) is 0 Å². The molecule has 0 amide bonds. The summed E-state index contributed by atoms with van der Waals surface area (Å²) in [5, 5.41) is 3.45. The molecule has 0 saturated carbocycles. The third-order valence-corrected chi connectivity index (χ3v) is 3.13. The maximum absolute atomic E-state index is 4.36. The molecule has 0 spiro atoms. The fraction of sp³-hybridized carbons (Fsp3) is 0.294. The minimum Gasteiger partial charge on any atom is -0.384 e. The van der Waals surface area contributed by atoms with Gasteiger partial charge >= 0.3 is 0 Å². The van der Waals surface area contributed by atoms with Crippen LogP contribution in [-0.2, 0) is 6.42 Å². The Morgan fingerprint density at radius 1 is 1.05 bits per heavy atom. The molecule has 0 aliphatic heterocycles. The van der Waals surface area contributed by atoms with E-state index in [4.69, 9.17) is 0 Å². The fourth-order valence-corrected chi connectivity index (χ4v) is 2.06. The largest absolute Gasteiger partial charge is 0.384 e. The maximum atomic E-state index is 4.36. The van der Waals surface area contributed by atoms with Crippen molar-refractivity contribution in [3.8, 4) is 0 Å². The van der Waals surface area contributed by atoms with Gasteiger partial charge in [-0.1, -0.05) is 18.2 Å². The zero-order valence-electron chi connectivity index (χ0n) is 11.9. The number of aryl methyl sites for hydroxylation is 1. The molecule has 2 aromatic heterocycles. The Morgan fingerprint density at radius 2 is 1.85 bits per heavy atom. The number of hydrogen-bond donors (Lipinski definition) is 1. The number of nitrogens with zero attached hydrogens (tertiary/aromatic N) is 2. The Kier molecular flexibility index (Phi) is 5.77. The van der Waals surface area contributed by atoms with Crippen molar-refractivity contribution >= 4 is 5.70 Å². The molecular weight excluding hydrogens is 246 g/mol. The highest BCUT2D eigenvalue weighted by Gasteiger charge is 2.00. The Hall–Kier alpha value is -2.16. The molecule has 2 heterocycles. The van der Waals surface area contributed by atoms with Gasteiger partial charge in [0, 0.05) is 24.6 Å². The van der Waals surface area contributed by atoms with Gasteiger partial charge in [0.05, 0.1) is 11.4 Å². The number of nitrogens with one attached hydrogen (secondary N) is 1. The SMILES string of the molecule is C/C=C(\NCCCCc1ccccn1)c1ccccn1. The monoisotopic (exact) mass is 267 g/mol. The van der Waals surface area contributed by atoms with Crippen LogP contribution in [0.25, 0.3) is 5.70 Å². The summed E-state index contributed by atoms with van der Waals surface area (Å²) in [7, 11) is 0. The molecule has 0 unspecified atom stereocenters. The van der Waals surface area contributed by atoms with Gasteiger partial charge in [-0.25, -0.2) is 0 Å². The molecule has 0 aliphatic rings. The Bertz CT molecular complexity index is 520. The van der Waals surface area contributed by atoms with Crippen LogP contribution in [-0.4, -0.2) is 16.5 Å². The number of pyridine rings is 2. The van der Waals surface area contributed by atoms with Crippen LogP contribution in [0.2, 0.25) is 0 Å². The van der Waals surface area contributed by atoms with E-state index in [9.17, 15) is 0 Å². The second-order valence-electron chi connectivity index (χ2n) is 4.62. The van der Waals surface area contributed by atoms with Gasteiger partial charge in [0.1, 0.15) is 0 Å². The third kappa shape index (κ3) is 4.50. The van der Waals surface area contributed by atoms with Crippen LogP contribution in [0.1, 0.15) is 31.2 Å². The van der Waals surface area contributed by atoms with Crippen LogP contribution in [0.3, 0.4) is 0 Å². The van der Waals surface area contributed by atoms with Crippen molar-refractivity contribution in [1.29, 1.82) is 0 Å². The number of aromatic nitrogens is 2. The van der Waals surface area contributed by atoms with Crippen LogP contribution in [0.4, 0.5) is 0 Å². The van der Waals surface area contributed by atoms with E-state index in [1.54, 1.807) is 0 Å². The standard InChI is InChI=1S/C17H21N3/c1-2-16(17-11-5-8-14-20-17)19-13-7-4-10-15-9-3-6-12-18-15/h2-3,5-6,8-9,11-12,14,19H,4,7,10,13H2,1H3/b16-2-. The molecule has 0 atom stereocenters. The molecule has 1 N–H and O–H groups in total. The predicted octanol–water partition coefficient (Wildman–Crippen LogP) is 3.45. The van der Waals surface area contributed by atoms with Crippen molar-refractivity contribution in [2.75, 3.05) is 6.54 Å². The first kappa shape index (κ1) is 14.3. The summed E-state index contributed by atoms with van der Waals surface area (Å²) in [6, 6.07) is 12.0. The molecule has 0 aromatic carbocycles. The van der Waals surface area contributed by atoms with Crippen LogP contribution in [0, 0.1) is 0 Å². The number of unbranched alkanes of at least 4 members (excludes halogenated alkanes) is 1. The first-order chi connectivity index (χ1) is 9.90. The highest BCUT2D eigenvalue weighted by molar-refractivity contribution is 5.59. The molecule has 0 fully saturated rings. The van der Waals surface area contributed by atoms with Gasteiger partial charge in [-0.3, -0.25) is 9.97 Å². The van der Waals surface area contributed by atoms with Crippen molar-refractivity contribution in [3.63, 3.8) is 0 Å². The van der Waals surface area contributed by atoms with E-state index in [0.717, 1.165) is 37.2 Å². The average Bonchev–Trinajstić information content (AvgIpc) is 2.53. The van der Waals surface area contributed by atoms with E-state index in [1.165, 1.54) is 5.69 Å². The lowest BCUT2D eigenvalue weighted by atomic mass is 10.1. The van der Waals surface area contributed by atoms with Crippen molar-refractivity contribution in [2.45, 2.75) is 26.2 Å². The van der Waals surface area contributed by atoms with E-state index in [2.05, 4.69) is 27.4 Å². The summed E-state index contributed by atoms with van der Waals surface area (Å²) < 4.78 is 0. The number of rotatable bonds is 7. The van der Waals surface area contributed by atoms with Crippen molar-refractivity contribution in [1.82, 2.24) is 15.3 Å². The molecule has 2 aromatic rings. The van der Waals surface area contributed by atoms with Gasteiger partial charge in [-0.05, 0) is 50.5 Å². The summed E-state index contributed by atoms with van der Waals surface area (Å²) in [6.45, 7) is 2.99. The summed E-state index contributed by atoms with van der Waals surface area (Å²) in [6.07, 6.45) is 9.05.